The van der Waals surface area contributed by atoms with Crippen molar-refractivity contribution in [1.82, 2.24) is 0 Å². The van der Waals surface area contributed by atoms with Crippen molar-refractivity contribution in [2.75, 3.05) is 17.2 Å². The summed E-state index contributed by atoms with van der Waals surface area (Å²) in [5, 5.41) is 17.7. The SMILES string of the molecule is CCNc1cccc(NC2CCCC2C)c1[N+](=O)[O-]. The lowest BCUT2D eigenvalue weighted by atomic mass is 10.1. The quantitative estimate of drug-likeness (QED) is 0.629. The molecule has 5 nitrogen and oxygen atoms in total. The molecule has 0 spiro atoms. The fourth-order valence-electron chi connectivity index (χ4n) is 2.75. The van der Waals surface area contributed by atoms with E-state index >= 15 is 0 Å². The molecule has 1 aliphatic rings. The Morgan fingerprint density at radius 2 is 2.11 bits per heavy atom. The standard InChI is InChI=1S/C14H21N3O2/c1-3-15-12-8-5-9-13(14(12)17(18)19)16-11-7-4-6-10(11)2/h5,8-11,15-16H,3-4,6-7H2,1-2H3. The topological polar surface area (TPSA) is 67.2 Å². The third kappa shape index (κ3) is 2.97. The summed E-state index contributed by atoms with van der Waals surface area (Å²) in [6.45, 7) is 4.80. The van der Waals surface area contributed by atoms with Crippen LogP contribution in [0.1, 0.15) is 33.1 Å². The number of nitrogens with zero attached hydrogens (tertiary/aromatic N) is 1. The number of hydrogen-bond donors (Lipinski definition) is 2. The Hall–Kier alpha value is -1.78. The summed E-state index contributed by atoms with van der Waals surface area (Å²) in [4.78, 5) is 11.0. The third-order valence-electron chi connectivity index (χ3n) is 3.79. The van der Waals surface area contributed by atoms with Gasteiger partial charge in [-0.15, -0.1) is 0 Å². The Balaban J connectivity index is 2.28. The van der Waals surface area contributed by atoms with Gasteiger partial charge >= 0.3 is 5.69 Å². The van der Waals surface area contributed by atoms with Crippen molar-refractivity contribution in [2.24, 2.45) is 5.92 Å². The number of nitro groups is 1. The summed E-state index contributed by atoms with van der Waals surface area (Å²) < 4.78 is 0. The summed E-state index contributed by atoms with van der Waals surface area (Å²) in [6.07, 6.45) is 3.47. The highest BCUT2D eigenvalue weighted by Gasteiger charge is 2.27. The van der Waals surface area contributed by atoms with Gasteiger partial charge < -0.3 is 10.6 Å². The molecule has 0 heterocycles. The van der Waals surface area contributed by atoms with Crippen LogP contribution in [0.3, 0.4) is 0 Å². The molecule has 0 radical (unpaired) electrons. The first-order valence-corrected chi connectivity index (χ1v) is 6.91. The number of benzene rings is 1. The molecular weight excluding hydrogens is 242 g/mol. The van der Waals surface area contributed by atoms with Crippen molar-refractivity contribution in [3.8, 4) is 0 Å². The molecule has 2 unspecified atom stereocenters. The van der Waals surface area contributed by atoms with E-state index in [0.717, 1.165) is 6.42 Å². The largest absolute Gasteiger partial charge is 0.380 e. The van der Waals surface area contributed by atoms with Crippen LogP contribution in [0.5, 0.6) is 0 Å². The first-order valence-electron chi connectivity index (χ1n) is 6.91. The third-order valence-corrected chi connectivity index (χ3v) is 3.79. The zero-order chi connectivity index (χ0) is 13.8. The predicted molar refractivity (Wildman–Crippen MR) is 77.7 cm³/mol. The number of nitro benzene ring substituents is 1. The van der Waals surface area contributed by atoms with E-state index in [2.05, 4.69) is 17.6 Å². The molecule has 0 aliphatic heterocycles. The van der Waals surface area contributed by atoms with Gasteiger partial charge in [0.15, 0.2) is 0 Å². The van der Waals surface area contributed by atoms with E-state index in [9.17, 15) is 10.1 Å². The van der Waals surface area contributed by atoms with E-state index in [1.807, 2.05) is 13.0 Å². The average Bonchev–Trinajstić information content (AvgIpc) is 2.75. The van der Waals surface area contributed by atoms with E-state index in [0.29, 0.717) is 29.9 Å². The normalized spacial score (nSPS) is 22.2. The Kier molecular flexibility index (Phi) is 4.24. The fraction of sp³-hybridized carbons (Fsp3) is 0.571. The van der Waals surface area contributed by atoms with Gasteiger partial charge in [-0.3, -0.25) is 10.1 Å². The van der Waals surface area contributed by atoms with Gasteiger partial charge in [-0.05, 0) is 37.8 Å². The van der Waals surface area contributed by atoms with Crippen LogP contribution in [-0.2, 0) is 0 Å². The monoisotopic (exact) mass is 263 g/mol. The molecule has 2 rings (SSSR count). The minimum atomic E-state index is -0.306. The van der Waals surface area contributed by atoms with Crippen molar-refractivity contribution >= 4 is 17.1 Å². The molecule has 0 saturated heterocycles. The highest BCUT2D eigenvalue weighted by Crippen LogP contribution is 2.36. The van der Waals surface area contributed by atoms with Crippen LogP contribution in [0.2, 0.25) is 0 Å². The fourth-order valence-corrected chi connectivity index (χ4v) is 2.75. The van der Waals surface area contributed by atoms with E-state index < -0.39 is 0 Å². The lowest BCUT2D eigenvalue weighted by Gasteiger charge is -2.19. The van der Waals surface area contributed by atoms with Gasteiger partial charge in [0.25, 0.3) is 0 Å². The smallest absolute Gasteiger partial charge is 0.315 e. The number of nitrogens with one attached hydrogen (secondary N) is 2. The van der Waals surface area contributed by atoms with Crippen LogP contribution in [0.15, 0.2) is 18.2 Å². The Bertz CT molecular complexity index is 462. The van der Waals surface area contributed by atoms with Gasteiger partial charge in [-0.1, -0.05) is 19.4 Å². The lowest BCUT2D eigenvalue weighted by molar-refractivity contribution is -0.383. The van der Waals surface area contributed by atoms with Crippen molar-refractivity contribution < 1.29 is 4.92 Å². The zero-order valence-corrected chi connectivity index (χ0v) is 11.5. The minimum absolute atomic E-state index is 0.156. The molecule has 1 fully saturated rings. The summed E-state index contributed by atoms with van der Waals surface area (Å²) in [5.74, 6) is 0.572. The second-order valence-corrected chi connectivity index (χ2v) is 5.15. The van der Waals surface area contributed by atoms with Gasteiger partial charge in [0.1, 0.15) is 11.4 Å². The first kappa shape index (κ1) is 13.6. The number of hydrogen-bond acceptors (Lipinski definition) is 4. The van der Waals surface area contributed by atoms with Gasteiger partial charge in [-0.2, -0.15) is 0 Å². The molecule has 104 valence electrons. The number of rotatable bonds is 5. The van der Waals surface area contributed by atoms with Crippen LogP contribution in [0.25, 0.3) is 0 Å². The molecule has 19 heavy (non-hydrogen) atoms. The molecule has 1 aliphatic carbocycles. The molecule has 1 aromatic rings. The molecule has 5 heteroatoms. The second kappa shape index (κ2) is 5.91. The number of anilines is 2. The van der Waals surface area contributed by atoms with Crippen molar-refractivity contribution in [3.05, 3.63) is 28.3 Å². The van der Waals surface area contributed by atoms with Gasteiger partial charge in [0, 0.05) is 12.6 Å². The van der Waals surface area contributed by atoms with Crippen LogP contribution >= 0.6 is 0 Å². The summed E-state index contributed by atoms with van der Waals surface area (Å²) in [5.41, 5.74) is 1.37. The lowest BCUT2D eigenvalue weighted by Crippen LogP contribution is -2.22. The van der Waals surface area contributed by atoms with Crippen LogP contribution in [0.4, 0.5) is 17.1 Å². The first-order chi connectivity index (χ1) is 9.13. The maximum atomic E-state index is 11.3. The van der Waals surface area contributed by atoms with Crippen molar-refractivity contribution in [1.29, 1.82) is 0 Å². The molecule has 0 amide bonds. The molecule has 0 aromatic heterocycles. The van der Waals surface area contributed by atoms with E-state index in [4.69, 9.17) is 0 Å². The molecule has 0 bridgehead atoms. The highest BCUT2D eigenvalue weighted by molar-refractivity contribution is 5.76. The van der Waals surface area contributed by atoms with Crippen LogP contribution in [-0.4, -0.2) is 17.5 Å². The molecule has 1 aromatic carbocycles. The Morgan fingerprint density at radius 3 is 2.68 bits per heavy atom. The Labute approximate surface area is 113 Å². The number of para-hydroxylation sites is 1. The van der Waals surface area contributed by atoms with Gasteiger partial charge in [0.05, 0.1) is 4.92 Å². The minimum Gasteiger partial charge on any atom is -0.380 e. The van der Waals surface area contributed by atoms with E-state index in [1.54, 1.807) is 12.1 Å². The molecular formula is C14H21N3O2. The van der Waals surface area contributed by atoms with Crippen molar-refractivity contribution in [3.63, 3.8) is 0 Å². The second-order valence-electron chi connectivity index (χ2n) is 5.15. The predicted octanol–water partition coefficient (Wildman–Crippen LogP) is 3.63. The molecule has 1 saturated carbocycles. The van der Waals surface area contributed by atoms with Crippen LogP contribution in [0, 0.1) is 16.0 Å². The van der Waals surface area contributed by atoms with E-state index in [1.165, 1.54) is 12.8 Å². The molecule has 2 atom stereocenters. The highest BCUT2D eigenvalue weighted by atomic mass is 16.6. The van der Waals surface area contributed by atoms with E-state index in [-0.39, 0.29) is 10.6 Å². The Morgan fingerprint density at radius 1 is 1.37 bits per heavy atom. The molecule has 2 N–H and O–H groups in total. The zero-order valence-electron chi connectivity index (χ0n) is 11.5. The van der Waals surface area contributed by atoms with Crippen molar-refractivity contribution in [2.45, 2.75) is 39.2 Å². The van der Waals surface area contributed by atoms with Gasteiger partial charge in [0.2, 0.25) is 0 Å². The van der Waals surface area contributed by atoms with Gasteiger partial charge in [-0.25, -0.2) is 0 Å². The summed E-state index contributed by atoms with van der Waals surface area (Å²) >= 11 is 0. The summed E-state index contributed by atoms with van der Waals surface area (Å²) in [7, 11) is 0. The van der Waals surface area contributed by atoms with Crippen LogP contribution < -0.4 is 10.6 Å². The summed E-state index contributed by atoms with van der Waals surface area (Å²) in [6, 6.07) is 5.75. The maximum Gasteiger partial charge on any atom is 0.315 e. The maximum absolute atomic E-state index is 11.3. The average molecular weight is 263 g/mol.